The highest BCUT2D eigenvalue weighted by molar-refractivity contribution is 9.10. The molecule has 0 spiro atoms. The van der Waals surface area contributed by atoms with Crippen LogP contribution in [0.25, 0.3) is 0 Å². The molecular weight excluding hydrogens is 308 g/mol. The Kier molecular flexibility index (Phi) is 5.06. The van der Waals surface area contributed by atoms with E-state index < -0.39 is 17.2 Å². The Labute approximate surface area is 85.0 Å². The molecule has 74 valence electrons. The first kappa shape index (κ1) is 12.7. The number of unbranched alkanes of at least 4 members (excludes halogenated alkanes) is 1. The smallest absolute Gasteiger partial charge is 0.221 e. The third-order valence-electron chi connectivity index (χ3n) is 1.29. The van der Waals surface area contributed by atoms with E-state index in [-0.39, 0.29) is 6.42 Å². The summed E-state index contributed by atoms with van der Waals surface area (Å²) < 4.78 is 45.0. The van der Waals surface area contributed by atoms with Gasteiger partial charge in [0.1, 0.15) is 0 Å². The minimum atomic E-state index is -4.82. The van der Waals surface area contributed by atoms with Crippen molar-refractivity contribution < 1.29 is 17.6 Å². The van der Waals surface area contributed by atoms with Crippen molar-refractivity contribution in [3.8, 4) is 0 Å². The van der Waals surface area contributed by atoms with Crippen LogP contribution in [0.1, 0.15) is 19.3 Å². The number of hydrogen-bond acceptors (Lipinski definition) is 0. The van der Waals surface area contributed by atoms with Gasteiger partial charge in [0.25, 0.3) is 4.58 Å². The van der Waals surface area contributed by atoms with Gasteiger partial charge in [0.2, 0.25) is 0 Å². The predicted octanol–water partition coefficient (Wildman–Crippen LogP) is 4.17. The van der Waals surface area contributed by atoms with Crippen molar-refractivity contribution in [2.75, 3.05) is 5.33 Å². The van der Waals surface area contributed by atoms with Gasteiger partial charge in [-0.2, -0.15) is 13.2 Å². The molecule has 0 N–H and O–H groups in total. The van der Waals surface area contributed by atoms with E-state index >= 15 is 0 Å². The maximum Gasteiger partial charge on any atom is 0.432 e. The van der Waals surface area contributed by atoms with Crippen LogP contribution < -0.4 is 0 Å². The third kappa shape index (κ3) is 4.07. The van der Waals surface area contributed by atoms with Gasteiger partial charge in [-0.3, -0.25) is 0 Å². The van der Waals surface area contributed by atoms with Gasteiger partial charge in [0.05, 0.1) is 0 Å². The maximum absolute atomic E-state index is 12.7. The van der Waals surface area contributed by atoms with Crippen molar-refractivity contribution in [3.05, 3.63) is 0 Å². The Morgan fingerprint density at radius 2 is 1.50 bits per heavy atom. The molecule has 0 saturated carbocycles. The zero-order valence-corrected chi connectivity index (χ0v) is 9.27. The van der Waals surface area contributed by atoms with Gasteiger partial charge < -0.3 is 0 Å². The lowest BCUT2D eigenvalue weighted by atomic mass is 10.2. The lowest BCUT2D eigenvalue weighted by molar-refractivity contribution is -0.193. The number of halogens is 6. The van der Waals surface area contributed by atoms with Crippen LogP contribution in [0.2, 0.25) is 0 Å². The SMILES string of the molecule is FC(F)(F)C(F)(Br)CCCCBr. The molecule has 6 heteroatoms. The van der Waals surface area contributed by atoms with Gasteiger partial charge in [-0.1, -0.05) is 15.9 Å². The van der Waals surface area contributed by atoms with Gasteiger partial charge >= 0.3 is 6.18 Å². The molecule has 0 bridgehead atoms. The first-order valence-corrected chi connectivity index (χ1v) is 5.23. The molecule has 0 radical (unpaired) electrons. The normalized spacial score (nSPS) is 17.5. The molecule has 0 amide bonds. The quantitative estimate of drug-likeness (QED) is 0.415. The largest absolute Gasteiger partial charge is 0.432 e. The van der Waals surface area contributed by atoms with Gasteiger partial charge in [-0.25, -0.2) is 4.39 Å². The Bertz CT molecular complexity index is 132. The second-order valence-electron chi connectivity index (χ2n) is 2.35. The number of hydrogen-bond donors (Lipinski definition) is 0. The second-order valence-corrected chi connectivity index (χ2v) is 4.40. The van der Waals surface area contributed by atoms with Crippen LogP contribution in [-0.4, -0.2) is 16.1 Å². The molecule has 12 heavy (non-hydrogen) atoms. The fraction of sp³-hybridized carbons (Fsp3) is 1.00. The van der Waals surface area contributed by atoms with Crippen LogP contribution in [0.15, 0.2) is 0 Å². The van der Waals surface area contributed by atoms with Crippen molar-refractivity contribution in [2.45, 2.75) is 30.0 Å². The van der Waals surface area contributed by atoms with Gasteiger partial charge in [-0.15, -0.1) is 0 Å². The van der Waals surface area contributed by atoms with E-state index in [1.54, 1.807) is 0 Å². The monoisotopic (exact) mass is 314 g/mol. The van der Waals surface area contributed by atoms with Crippen molar-refractivity contribution in [1.82, 2.24) is 0 Å². The molecule has 0 aromatic carbocycles. The summed E-state index contributed by atoms with van der Waals surface area (Å²) in [7, 11) is 0. The summed E-state index contributed by atoms with van der Waals surface area (Å²) in [5.74, 6) is 0. The molecule has 1 atom stereocenters. The molecule has 0 nitrogen and oxygen atoms in total. The van der Waals surface area contributed by atoms with E-state index in [0.29, 0.717) is 11.8 Å². The molecule has 0 aromatic rings. The van der Waals surface area contributed by atoms with Gasteiger partial charge in [0, 0.05) is 11.8 Å². The van der Waals surface area contributed by atoms with E-state index in [1.807, 2.05) is 15.9 Å². The average molecular weight is 316 g/mol. The first-order valence-electron chi connectivity index (χ1n) is 3.32. The van der Waals surface area contributed by atoms with Gasteiger partial charge in [0.15, 0.2) is 0 Å². The Morgan fingerprint density at radius 3 is 1.83 bits per heavy atom. The zero-order chi connectivity index (χ0) is 9.83. The van der Waals surface area contributed by atoms with Crippen molar-refractivity contribution in [1.29, 1.82) is 0 Å². The minimum Gasteiger partial charge on any atom is -0.221 e. The summed E-state index contributed by atoms with van der Waals surface area (Å²) >= 11 is 5.07. The lowest BCUT2D eigenvalue weighted by Gasteiger charge is -2.21. The van der Waals surface area contributed by atoms with E-state index in [1.165, 1.54) is 0 Å². The van der Waals surface area contributed by atoms with Crippen LogP contribution in [0.4, 0.5) is 17.6 Å². The number of rotatable bonds is 4. The third-order valence-corrected chi connectivity index (χ3v) is 2.70. The molecule has 0 aliphatic heterocycles. The van der Waals surface area contributed by atoms with E-state index in [0.717, 1.165) is 0 Å². The molecule has 0 aliphatic rings. The highest BCUT2D eigenvalue weighted by Gasteiger charge is 2.53. The summed E-state index contributed by atoms with van der Waals surface area (Å²) in [4.78, 5) is 0. The van der Waals surface area contributed by atoms with Crippen molar-refractivity contribution >= 4 is 31.9 Å². The first-order chi connectivity index (χ1) is 5.31. The molecule has 0 rings (SSSR count). The summed E-state index contributed by atoms with van der Waals surface area (Å²) in [5, 5.41) is 0.591. The van der Waals surface area contributed by atoms with Crippen LogP contribution >= 0.6 is 31.9 Å². The second kappa shape index (κ2) is 4.79. The molecule has 0 fully saturated rings. The van der Waals surface area contributed by atoms with Crippen molar-refractivity contribution in [3.63, 3.8) is 0 Å². The summed E-state index contributed by atoms with van der Waals surface area (Å²) in [6.45, 7) is 0. The van der Waals surface area contributed by atoms with Crippen molar-refractivity contribution in [2.24, 2.45) is 0 Å². The topological polar surface area (TPSA) is 0 Å². The predicted molar refractivity (Wildman–Crippen MR) is 46.5 cm³/mol. The minimum absolute atomic E-state index is 0.201. The maximum atomic E-state index is 12.7. The van der Waals surface area contributed by atoms with Crippen LogP contribution in [0, 0.1) is 0 Å². The molecule has 0 saturated heterocycles. The van der Waals surface area contributed by atoms with E-state index in [4.69, 9.17) is 0 Å². The van der Waals surface area contributed by atoms with Gasteiger partial charge in [-0.05, 0) is 28.8 Å². The average Bonchev–Trinajstić information content (AvgIpc) is 1.85. The summed E-state index contributed by atoms with van der Waals surface area (Å²) in [5.41, 5.74) is 0. The van der Waals surface area contributed by atoms with E-state index in [9.17, 15) is 17.6 Å². The van der Waals surface area contributed by atoms with Crippen LogP contribution in [-0.2, 0) is 0 Å². The van der Waals surface area contributed by atoms with E-state index in [2.05, 4.69) is 15.9 Å². The molecule has 0 heterocycles. The highest BCUT2D eigenvalue weighted by atomic mass is 79.9. The lowest BCUT2D eigenvalue weighted by Crippen LogP contribution is -2.34. The Hall–Kier alpha value is 0.680. The molecule has 1 unspecified atom stereocenters. The number of alkyl halides is 6. The summed E-state index contributed by atoms with van der Waals surface area (Å²) in [6, 6.07) is 0. The summed E-state index contributed by atoms with van der Waals surface area (Å²) in [6.07, 6.45) is -4.62. The fourth-order valence-corrected chi connectivity index (χ4v) is 1.26. The van der Waals surface area contributed by atoms with Crippen LogP contribution in [0.5, 0.6) is 0 Å². The van der Waals surface area contributed by atoms with Crippen LogP contribution in [0.3, 0.4) is 0 Å². The molecular formula is C6H8Br2F4. The highest BCUT2D eigenvalue weighted by Crippen LogP contribution is 2.42. The standard InChI is InChI=1S/C6H8Br2F4/c7-4-2-1-3-5(8,9)6(10,11)12/h1-4H2. The molecule has 0 aliphatic carbocycles. The fourth-order valence-electron chi connectivity index (χ4n) is 0.583. The molecule has 0 aromatic heterocycles. The zero-order valence-electron chi connectivity index (χ0n) is 6.10. The Balaban J connectivity index is 3.88. The Morgan fingerprint density at radius 1 is 1.00 bits per heavy atom.